The number of para-hydroxylation sites is 4. The van der Waals surface area contributed by atoms with Gasteiger partial charge in [0, 0.05) is 75.7 Å². The molecule has 0 aliphatic carbocycles. The summed E-state index contributed by atoms with van der Waals surface area (Å²) in [5.74, 6) is 1.69. The van der Waals surface area contributed by atoms with Crippen molar-refractivity contribution < 1.29 is 9.05 Å². The van der Waals surface area contributed by atoms with E-state index in [2.05, 4.69) is 240 Å². The van der Waals surface area contributed by atoms with E-state index >= 15 is 0 Å². The van der Waals surface area contributed by atoms with Crippen LogP contribution in [0.15, 0.2) is 231 Å². The molecule has 0 radical (unpaired) electrons. The fourth-order valence-electron chi connectivity index (χ4n) is 9.55. The monoisotopic (exact) mass is 914 g/mol. The van der Waals surface area contributed by atoms with Gasteiger partial charge in [0.15, 0.2) is 16.3 Å². The highest BCUT2D eigenvalue weighted by Crippen LogP contribution is 2.53. The standard InChI is InChI=1S/C60H40N2O2P2S/c1-5-19-41(20-6-1)65(42-21-7-2-8-22-42)63-55-37-39(45-29-17-31-49-47-27-13-15-33-53(47)61-57(45)49)35-51-52-36-40(46-30-18-32-50-48-28-14-16-34-54(48)62-58(46)50)38-56(60(52)67-59(51)55)64-66(43-23-9-3-10-24-43)44-25-11-4-12-26-44/h1-38,61-62H. The third-order valence-electron chi connectivity index (χ3n) is 12.7. The van der Waals surface area contributed by atoms with E-state index in [4.69, 9.17) is 9.05 Å². The van der Waals surface area contributed by atoms with Crippen LogP contribution in [0.4, 0.5) is 0 Å². The lowest BCUT2D eigenvalue weighted by molar-refractivity contribution is 0.639. The second kappa shape index (κ2) is 16.7. The van der Waals surface area contributed by atoms with Crippen LogP contribution in [-0.2, 0) is 0 Å². The van der Waals surface area contributed by atoms with Crippen LogP contribution in [0.25, 0.3) is 86.0 Å². The SMILES string of the molecule is c1ccc(P(Oc2cc(-c3cccc4c3[nH]c3ccccc34)cc3c2sc2c(OP(c4ccccc4)c4ccccc4)cc(-c4cccc5c4[nH]c4ccccc45)cc23)c2ccccc2)cc1. The van der Waals surface area contributed by atoms with Crippen molar-refractivity contribution in [1.29, 1.82) is 0 Å². The van der Waals surface area contributed by atoms with E-state index in [1.54, 1.807) is 11.3 Å². The van der Waals surface area contributed by atoms with Gasteiger partial charge in [0.2, 0.25) is 0 Å². The van der Waals surface area contributed by atoms with Crippen LogP contribution >= 0.6 is 27.6 Å². The van der Waals surface area contributed by atoms with Gasteiger partial charge < -0.3 is 19.0 Å². The van der Waals surface area contributed by atoms with E-state index < -0.39 is 16.3 Å². The Morgan fingerprint density at radius 1 is 0.313 bits per heavy atom. The smallest absolute Gasteiger partial charge is 0.150 e. The maximum Gasteiger partial charge on any atom is 0.150 e. The maximum atomic E-state index is 7.55. The Bertz CT molecular complexity index is 3610. The minimum atomic E-state index is -1.25. The lowest BCUT2D eigenvalue weighted by atomic mass is 9.97. The van der Waals surface area contributed by atoms with E-state index in [1.165, 1.54) is 21.5 Å². The van der Waals surface area contributed by atoms with Gasteiger partial charge >= 0.3 is 0 Å². The highest BCUT2D eigenvalue weighted by atomic mass is 32.1. The van der Waals surface area contributed by atoms with Crippen LogP contribution in [0.5, 0.6) is 11.5 Å². The number of rotatable bonds is 10. The number of hydrogen-bond acceptors (Lipinski definition) is 3. The average Bonchev–Trinajstić information content (AvgIpc) is 4.10. The number of aromatic nitrogens is 2. The second-order valence-electron chi connectivity index (χ2n) is 16.7. The molecule has 0 fully saturated rings. The number of fused-ring (bicyclic) bond motifs is 9. The zero-order valence-electron chi connectivity index (χ0n) is 36.1. The van der Waals surface area contributed by atoms with Crippen molar-refractivity contribution in [2.24, 2.45) is 0 Å². The highest BCUT2D eigenvalue weighted by Gasteiger charge is 2.26. The Hall–Kier alpha value is -7.52. The van der Waals surface area contributed by atoms with Gasteiger partial charge in [0.25, 0.3) is 0 Å². The van der Waals surface area contributed by atoms with Crippen molar-refractivity contribution in [2.75, 3.05) is 0 Å². The molecular weight excluding hydrogens is 875 g/mol. The van der Waals surface area contributed by atoms with Crippen molar-refractivity contribution in [3.05, 3.63) is 231 Å². The molecule has 0 spiro atoms. The number of H-pyrrole nitrogens is 2. The summed E-state index contributed by atoms with van der Waals surface area (Å²) in [5, 5.41) is 11.6. The number of thiophene rings is 1. The number of aromatic amines is 2. The summed E-state index contributed by atoms with van der Waals surface area (Å²) >= 11 is 1.76. The molecule has 0 aliphatic rings. The van der Waals surface area contributed by atoms with Gasteiger partial charge in [-0.05, 0) is 47.5 Å². The summed E-state index contributed by atoms with van der Waals surface area (Å²) in [4.78, 5) is 7.60. The molecule has 2 N–H and O–H groups in total. The predicted molar refractivity (Wildman–Crippen MR) is 288 cm³/mol. The Kier molecular flexibility index (Phi) is 9.94. The van der Waals surface area contributed by atoms with Crippen LogP contribution < -0.4 is 30.3 Å². The molecule has 13 aromatic rings. The molecule has 0 bridgehead atoms. The zero-order chi connectivity index (χ0) is 44.3. The summed E-state index contributed by atoms with van der Waals surface area (Å²) < 4.78 is 17.3. The van der Waals surface area contributed by atoms with Crippen molar-refractivity contribution in [1.82, 2.24) is 9.97 Å². The van der Waals surface area contributed by atoms with E-state index in [-0.39, 0.29) is 0 Å². The van der Waals surface area contributed by atoms with E-state index in [1.807, 2.05) is 0 Å². The first-order valence-electron chi connectivity index (χ1n) is 22.4. The molecule has 3 heterocycles. The summed E-state index contributed by atoms with van der Waals surface area (Å²) in [6.07, 6.45) is 0. The minimum absolute atomic E-state index is 0.847. The number of hydrogen-bond donors (Lipinski definition) is 2. The third kappa shape index (κ3) is 7.07. The highest BCUT2D eigenvalue weighted by molar-refractivity contribution is 7.69. The van der Waals surface area contributed by atoms with Crippen molar-refractivity contribution in [3.63, 3.8) is 0 Å². The lowest BCUT2D eigenvalue weighted by Crippen LogP contribution is -2.15. The zero-order valence-corrected chi connectivity index (χ0v) is 38.7. The van der Waals surface area contributed by atoms with Gasteiger partial charge in [-0.3, -0.25) is 0 Å². The first-order valence-corrected chi connectivity index (χ1v) is 25.8. The molecule has 10 aromatic carbocycles. The molecule has 0 saturated carbocycles. The maximum absolute atomic E-state index is 7.55. The Morgan fingerprint density at radius 2 is 0.657 bits per heavy atom. The number of nitrogens with one attached hydrogen (secondary N) is 2. The molecule has 0 atom stereocenters. The Labute approximate surface area is 393 Å². The lowest BCUT2D eigenvalue weighted by Gasteiger charge is -2.20. The molecule has 13 rings (SSSR count). The first-order chi connectivity index (χ1) is 33.2. The van der Waals surface area contributed by atoms with Crippen molar-refractivity contribution in [2.45, 2.75) is 0 Å². The second-order valence-corrected chi connectivity index (χ2v) is 21.3. The molecule has 7 heteroatoms. The molecule has 4 nitrogen and oxygen atoms in total. The molecular formula is C60H40N2O2P2S. The molecule has 0 amide bonds. The van der Waals surface area contributed by atoms with Crippen LogP contribution in [-0.4, -0.2) is 9.97 Å². The van der Waals surface area contributed by atoms with Crippen LogP contribution in [0.3, 0.4) is 0 Å². The number of benzene rings is 10. The van der Waals surface area contributed by atoms with Crippen LogP contribution in [0.2, 0.25) is 0 Å². The predicted octanol–water partition coefficient (Wildman–Crippen LogP) is 15.5. The Morgan fingerprint density at radius 3 is 1.04 bits per heavy atom. The molecule has 318 valence electrons. The van der Waals surface area contributed by atoms with E-state index in [0.29, 0.717) is 0 Å². The van der Waals surface area contributed by atoms with Gasteiger partial charge in [-0.1, -0.05) is 194 Å². The quantitative estimate of drug-likeness (QED) is 0.134. The van der Waals surface area contributed by atoms with Crippen molar-refractivity contribution >= 4 is 113 Å². The van der Waals surface area contributed by atoms with E-state index in [0.717, 1.165) is 97.2 Å². The van der Waals surface area contributed by atoms with Gasteiger partial charge in [-0.2, -0.15) is 0 Å². The Balaban J connectivity index is 1.10. The molecule has 67 heavy (non-hydrogen) atoms. The summed E-state index contributed by atoms with van der Waals surface area (Å²) in [6.45, 7) is 0. The average molecular weight is 915 g/mol. The topological polar surface area (TPSA) is 50.0 Å². The van der Waals surface area contributed by atoms with Gasteiger partial charge in [0.1, 0.15) is 11.5 Å². The molecule has 0 saturated heterocycles. The van der Waals surface area contributed by atoms with Gasteiger partial charge in [-0.25, -0.2) is 0 Å². The molecule has 0 aliphatic heterocycles. The first kappa shape index (κ1) is 39.8. The largest absolute Gasteiger partial charge is 0.463 e. The molecule has 0 unspecified atom stereocenters. The van der Waals surface area contributed by atoms with E-state index in [9.17, 15) is 0 Å². The van der Waals surface area contributed by atoms with Crippen molar-refractivity contribution in [3.8, 4) is 33.8 Å². The summed E-state index contributed by atoms with van der Waals surface area (Å²) in [7, 11) is -2.50. The molecule has 3 aromatic heterocycles. The summed E-state index contributed by atoms with van der Waals surface area (Å²) in [6, 6.07) is 82.3. The minimum Gasteiger partial charge on any atom is -0.463 e. The fourth-order valence-corrected chi connectivity index (χ4v) is 14.3. The third-order valence-corrected chi connectivity index (χ3v) is 17.7. The van der Waals surface area contributed by atoms with Crippen LogP contribution in [0, 0.1) is 0 Å². The summed E-state index contributed by atoms with van der Waals surface area (Å²) in [5.41, 5.74) is 8.85. The van der Waals surface area contributed by atoms with Gasteiger partial charge in [-0.15, -0.1) is 11.3 Å². The van der Waals surface area contributed by atoms with Crippen LogP contribution in [0.1, 0.15) is 0 Å². The fraction of sp³-hybridized carbons (Fsp3) is 0. The van der Waals surface area contributed by atoms with Gasteiger partial charge in [0.05, 0.1) is 20.4 Å². The normalized spacial score (nSPS) is 11.9.